The second kappa shape index (κ2) is 8.06. The van der Waals surface area contributed by atoms with Gasteiger partial charge in [0.25, 0.3) is 0 Å². The highest BCUT2D eigenvalue weighted by molar-refractivity contribution is 5.50. The third kappa shape index (κ3) is 3.68. The zero-order valence-electron chi connectivity index (χ0n) is 15.9. The van der Waals surface area contributed by atoms with Gasteiger partial charge >= 0.3 is 0 Å². The number of nitrogens with one attached hydrogen (secondary N) is 1. The first kappa shape index (κ1) is 17.9. The van der Waals surface area contributed by atoms with Gasteiger partial charge in [0.1, 0.15) is 0 Å². The SMILES string of the molecule is COc1ccc(C(c2ccc3c(c2)OCO3)N2CCCNCC2)cc1OC. The summed E-state index contributed by atoms with van der Waals surface area (Å²) in [5.74, 6) is 3.10. The lowest BCUT2D eigenvalue weighted by atomic mass is 9.96. The molecule has 144 valence electrons. The Morgan fingerprint density at radius 1 is 0.889 bits per heavy atom. The predicted molar refractivity (Wildman–Crippen MR) is 103 cm³/mol. The van der Waals surface area contributed by atoms with Gasteiger partial charge in [-0.2, -0.15) is 0 Å². The molecule has 0 amide bonds. The van der Waals surface area contributed by atoms with Gasteiger partial charge in [-0.05, 0) is 48.4 Å². The average Bonchev–Trinajstić information content (AvgIpc) is 3.02. The minimum atomic E-state index is 0.110. The van der Waals surface area contributed by atoms with E-state index >= 15 is 0 Å². The molecule has 0 radical (unpaired) electrons. The molecule has 0 bridgehead atoms. The number of rotatable bonds is 5. The number of ether oxygens (including phenoxy) is 4. The maximum atomic E-state index is 5.62. The monoisotopic (exact) mass is 370 g/mol. The Labute approximate surface area is 160 Å². The van der Waals surface area contributed by atoms with E-state index in [1.165, 1.54) is 11.1 Å². The summed E-state index contributed by atoms with van der Waals surface area (Å²) in [6.07, 6.45) is 1.12. The van der Waals surface area contributed by atoms with Crippen molar-refractivity contribution in [1.29, 1.82) is 0 Å². The molecule has 6 heteroatoms. The van der Waals surface area contributed by atoms with Crippen LogP contribution >= 0.6 is 0 Å². The second-order valence-corrected chi connectivity index (χ2v) is 6.77. The number of hydrogen-bond acceptors (Lipinski definition) is 6. The Morgan fingerprint density at radius 3 is 2.52 bits per heavy atom. The van der Waals surface area contributed by atoms with Crippen molar-refractivity contribution in [3.63, 3.8) is 0 Å². The Morgan fingerprint density at radius 2 is 1.67 bits per heavy atom. The molecule has 0 aliphatic carbocycles. The van der Waals surface area contributed by atoms with Crippen molar-refractivity contribution < 1.29 is 18.9 Å². The summed E-state index contributed by atoms with van der Waals surface area (Å²) in [7, 11) is 3.33. The molecule has 1 saturated heterocycles. The normalized spacial score (nSPS) is 18.0. The van der Waals surface area contributed by atoms with Crippen LogP contribution in [-0.4, -0.2) is 52.1 Å². The van der Waals surface area contributed by atoms with Gasteiger partial charge in [-0.3, -0.25) is 4.90 Å². The molecule has 6 nitrogen and oxygen atoms in total. The molecule has 2 aliphatic rings. The van der Waals surface area contributed by atoms with Crippen molar-refractivity contribution in [1.82, 2.24) is 10.2 Å². The van der Waals surface area contributed by atoms with Crippen LogP contribution in [0, 0.1) is 0 Å². The van der Waals surface area contributed by atoms with E-state index in [-0.39, 0.29) is 12.8 Å². The fraction of sp³-hybridized carbons (Fsp3) is 0.429. The van der Waals surface area contributed by atoms with E-state index in [0.717, 1.165) is 55.6 Å². The zero-order valence-corrected chi connectivity index (χ0v) is 15.9. The maximum Gasteiger partial charge on any atom is 0.231 e. The van der Waals surface area contributed by atoms with Gasteiger partial charge in [-0.1, -0.05) is 12.1 Å². The summed E-state index contributed by atoms with van der Waals surface area (Å²) in [6, 6.07) is 12.5. The van der Waals surface area contributed by atoms with E-state index in [2.05, 4.69) is 34.5 Å². The van der Waals surface area contributed by atoms with Crippen LogP contribution < -0.4 is 24.3 Å². The van der Waals surface area contributed by atoms with Crippen LogP contribution in [0.5, 0.6) is 23.0 Å². The molecule has 2 heterocycles. The van der Waals surface area contributed by atoms with Crippen molar-refractivity contribution in [3.05, 3.63) is 47.5 Å². The first-order valence-electron chi connectivity index (χ1n) is 9.36. The minimum Gasteiger partial charge on any atom is -0.493 e. The highest BCUT2D eigenvalue weighted by Crippen LogP contribution is 2.39. The van der Waals surface area contributed by atoms with Crippen molar-refractivity contribution >= 4 is 0 Å². The van der Waals surface area contributed by atoms with E-state index in [1.54, 1.807) is 14.2 Å². The van der Waals surface area contributed by atoms with Crippen LogP contribution in [0.15, 0.2) is 36.4 Å². The molecule has 1 unspecified atom stereocenters. The molecular formula is C21H26N2O4. The topological polar surface area (TPSA) is 52.2 Å². The minimum absolute atomic E-state index is 0.110. The van der Waals surface area contributed by atoms with E-state index in [1.807, 2.05) is 12.1 Å². The Kier molecular flexibility index (Phi) is 5.36. The van der Waals surface area contributed by atoms with Crippen molar-refractivity contribution in [2.45, 2.75) is 12.5 Å². The molecule has 2 aliphatic heterocycles. The lowest BCUT2D eigenvalue weighted by molar-refractivity contribution is 0.173. The van der Waals surface area contributed by atoms with Crippen LogP contribution in [0.3, 0.4) is 0 Å². The van der Waals surface area contributed by atoms with Crippen LogP contribution in [0.25, 0.3) is 0 Å². The van der Waals surface area contributed by atoms with Crippen molar-refractivity contribution in [3.8, 4) is 23.0 Å². The number of nitrogens with zero attached hydrogens (tertiary/aromatic N) is 1. The summed E-state index contributed by atoms with van der Waals surface area (Å²) in [4.78, 5) is 2.51. The molecule has 2 aromatic rings. The standard InChI is InChI=1S/C21H26N2O4/c1-24-17-6-4-15(12-19(17)25-2)21(23-10-3-8-22-9-11-23)16-5-7-18-20(13-16)27-14-26-18/h4-7,12-13,21-22H,3,8-11,14H2,1-2H3. The molecule has 0 saturated carbocycles. The Balaban J connectivity index is 1.76. The third-order valence-electron chi connectivity index (χ3n) is 5.18. The van der Waals surface area contributed by atoms with Crippen LogP contribution in [0.2, 0.25) is 0 Å². The highest BCUT2D eigenvalue weighted by Gasteiger charge is 2.26. The zero-order chi connectivity index (χ0) is 18.6. The molecule has 1 fully saturated rings. The molecule has 0 spiro atoms. The maximum absolute atomic E-state index is 5.62. The van der Waals surface area contributed by atoms with Crippen LogP contribution in [-0.2, 0) is 0 Å². The first-order chi connectivity index (χ1) is 13.3. The molecule has 27 heavy (non-hydrogen) atoms. The van der Waals surface area contributed by atoms with Crippen molar-refractivity contribution in [2.75, 3.05) is 47.2 Å². The number of methoxy groups -OCH3 is 2. The van der Waals surface area contributed by atoms with Crippen molar-refractivity contribution in [2.24, 2.45) is 0 Å². The summed E-state index contributed by atoms with van der Waals surface area (Å²) in [5.41, 5.74) is 2.36. The molecule has 1 atom stereocenters. The van der Waals surface area contributed by atoms with Gasteiger partial charge in [0.15, 0.2) is 23.0 Å². The smallest absolute Gasteiger partial charge is 0.231 e. The third-order valence-corrected chi connectivity index (χ3v) is 5.18. The Hall–Kier alpha value is -2.44. The summed E-state index contributed by atoms with van der Waals surface area (Å²) in [6.45, 7) is 4.33. The molecule has 1 N–H and O–H groups in total. The van der Waals surface area contributed by atoms with Gasteiger partial charge in [0, 0.05) is 19.6 Å². The summed E-state index contributed by atoms with van der Waals surface area (Å²) >= 11 is 0. The largest absolute Gasteiger partial charge is 0.493 e. The van der Waals surface area contributed by atoms with E-state index in [0.29, 0.717) is 0 Å². The van der Waals surface area contributed by atoms with Gasteiger partial charge in [0.2, 0.25) is 6.79 Å². The fourth-order valence-electron chi connectivity index (χ4n) is 3.85. The molecule has 4 rings (SSSR count). The van der Waals surface area contributed by atoms with E-state index < -0.39 is 0 Å². The molecule has 2 aromatic carbocycles. The quantitative estimate of drug-likeness (QED) is 0.874. The second-order valence-electron chi connectivity index (χ2n) is 6.77. The number of hydrogen-bond donors (Lipinski definition) is 1. The summed E-state index contributed by atoms with van der Waals surface area (Å²) in [5, 5.41) is 3.49. The van der Waals surface area contributed by atoms with E-state index in [9.17, 15) is 0 Å². The van der Waals surface area contributed by atoms with Gasteiger partial charge in [0.05, 0.1) is 20.3 Å². The van der Waals surface area contributed by atoms with Crippen LogP contribution in [0.4, 0.5) is 0 Å². The van der Waals surface area contributed by atoms with E-state index in [4.69, 9.17) is 18.9 Å². The molecular weight excluding hydrogens is 344 g/mol. The number of benzene rings is 2. The highest BCUT2D eigenvalue weighted by atomic mass is 16.7. The predicted octanol–water partition coefficient (Wildman–Crippen LogP) is 2.82. The Bertz CT molecular complexity index is 788. The van der Waals surface area contributed by atoms with Gasteiger partial charge < -0.3 is 24.3 Å². The summed E-state index contributed by atoms with van der Waals surface area (Å²) < 4.78 is 22.1. The fourth-order valence-corrected chi connectivity index (χ4v) is 3.85. The molecule has 0 aromatic heterocycles. The van der Waals surface area contributed by atoms with Gasteiger partial charge in [-0.25, -0.2) is 0 Å². The lowest BCUT2D eigenvalue weighted by Crippen LogP contribution is -2.33. The first-order valence-corrected chi connectivity index (χ1v) is 9.36. The number of fused-ring (bicyclic) bond motifs is 1. The average molecular weight is 370 g/mol. The van der Waals surface area contributed by atoms with Gasteiger partial charge in [-0.15, -0.1) is 0 Å². The van der Waals surface area contributed by atoms with Crippen LogP contribution in [0.1, 0.15) is 23.6 Å². The lowest BCUT2D eigenvalue weighted by Gasteiger charge is -2.31.